The summed E-state index contributed by atoms with van der Waals surface area (Å²) in [6.45, 7) is 4.17. The van der Waals surface area contributed by atoms with E-state index >= 15 is 0 Å². The Balaban J connectivity index is 1.70. The number of hydrogen-bond donors (Lipinski definition) is 1. The molecule has 5 nitrogen and oxygen atoms in total. The summed E-state index contributed by atoms with van der Waals surface area (Å²) in [5.74, 6) is -0.203. The first-order valence-corrected chi connectivity index (χ1v) is 12.2. The molecule has 0 saturated heterocycles. The molecule has 33 heavy (non-hydrogen) atoms. The Hall–Kier alpha value is -2.25. The number of nitrogens with one attached hydrogen (secondary N) is 1. The van der Waals surface area contributed by atoms with Crippen LogP contribution >= 0.6 is 46.1 Å². The lowest BCUT2D eigenvalue weighted by Crippen LogP contribution is -2.15. The van der Waals surface area contributed by atoms with Gasteiger partial charge in [0.05, 0.1) is 18.2 Å². The summed E-state index contributed by atoms with van der Waals surface area (Å²) in [6.07, 6.45) is 0.675. The van der Waals surface area contributed by atoms with Crippen LogP contribution in [0.5, 0.6) is 5.75 Å². The molecule has 3 aromatic rings. The molecular formula is C24H22Cl3NO4S. The number of carbonyl (C=O) groups is 2. The van der Waals surface area contributed by atoms with Gasteiger partial charge in [0.25, 0.3) is 0 Å². The largest absolute Gasteiger partial charge is 0.492 e. The van der Waals surface area contributed by atoms with Gasteiger partial charge in [-0.3, -0.25) is 4.79 Å². The highest BCUT2D eigenvalue weighted by Crippen LogP contribution is 2.40. The van der Waals surface area contributed by atoms with Crippen molar-refractivity contribution in [1.29, 1.82) is 0 Å². The van der Waals surface area contributed by atoms with Crippen molar-refractivity contribution in [2.24, 2.45) is 0 Å². The Morgan fingerprint density at radius 1 is 1.03 bits per heavy atom. The van der Waals surface area contributed by atoms with Gasteiger partial charge in [-0.15, -0.1) is 11.3 Å². The van der Waals surface area contributed by atoms with Gasteiger partial charge in [0.2, 0.25) is 5.91 Å². The maximum Gasteiger partial charge on any atom is 0.341 e. The number of halogens is 3. The van der Waals surface area contributed by atoms with Crippen LogP contribution in [0.25, 0.3) is 11.1 Å². The summed E-state index contributed by atoms with van der Waals surface area (Å²) >= 11 is 19.3. The number of benzene rings is 2. The van der Waals surface area contributed by atoms with Crippen LogP contribution in [0.4, 0.5) is 5.00 Å². The normalized spacial score (nSPS) is 10.7. The summed E-state index contributed by atoms with van der Waals surface area (Å²) in [6, 6.07) is 12.2. The number of aryl methyl sites for hydroxylation is 1. The van der Waals surface area contributed by atoms with Crippen LogP contribution in [0, 0.1) is 6.92 Å². The summed E-state index contributed by atoms with van der Waals surface area (Å²) in [7, 11) is 0. The van der Waals surface area contributed by atoms with Gasteiger partial charge >= 0.3 is 5.97 Å². The highest BCUT2D eigenvalue weighted by molar-refractivity contribution is 7.17. The Morgan fingerprint density at radius 3 is 2.39 bits per heavy atom. The molecule has 3 rings (SSSR count). The van der Waals surface area contributed by atoms with Crippen molar-refractivity contribution >= 4 is 63.0 Å². The topological polar surface area (TPSA) is 64.6 Å². The SMILES string of the molecule is CCOC(=O)c1c(NC(=O)CCCOc2ccc(Cl)cc2Cl)sc(C)c1-c1ccc(Cl)cc1. The second-order valence-corrected chi connectivity index (χ2v) is 9.54. The van der Waals surface area contributed by atoms with E-state index in [4.69, 9.17) is 44.3 Å². The fraction of sp³-hybridized carbons (Fsp3) is 0.250. The van der Waals surface area contributed by atoms with Crippen LogP contribution in [-0.4, -0.2) is 25.1 Å². The van der Waals surface area contributed by atoms with E-state index in [0.717, 1.165) is 16.0 Å². The molecular weight excluding hydrogens is 505 g/mol. The third-order valence-electron chi connectivity index (χ3n) is 4.65. The molecule has 0 spiro atoms. The van der Waals surface area contributed by atoms with E-state index in [1.54, 1.807) is 37.3 Å². The molecule has 0 aliphatic rings. The second-order valence-electron chi connectivity index (χ2n) is 7.04. The van der Waals surface area contributed by atoms with Crippen molar-refractivity contribution in [3.63, 3.8) is 0 Å². The second kappa shape index (κ2) is 11.7. The van der Waals surface area contributed by atoms with Crippen LogP contribution < -0.4 is 10.1 Å². The van der Waals surface area contributed by atoms with Crippen LogP contribution in [0.1, 0.15) is 35.0 Å². The fourth-order valence-electron chi connectivity index (χ4n) is 3.19. The highest BCUT2D eigenvalue weighted by atomic mass is 35.5. The van der Waals surface area contributed by atoms with Gasteiger partial charge in [-0.1, -0.05) is 46.9 Å². The average molecular weight is 527 g/mol. The van der Waals surface area contributed by atoms with Crippen molar-refractivity contribution < 1.29 is 19.1 Å². The monoisotopic (exact) mass is 525 g/mol. The molecule has 0 fully saturated rings. The number of anilines is 1. The van der Waals surface area contributed by atoms with Crippen LogP contribution in [0.2, 0.25) is 15.1 Å². The molecule has 9 heteroatoms. The molecule has 0 aliphatic carbocycles. The molecule has 0 atom stereocenters. The van der Waals surface area contributed by atoms with Crippen LogP contribution in [0.15, 0.2) is 42.5 Å². The standard InChI is InChI=1S/C24H22Cl3NO4S/c1-3-31-24(30)22-21(15-6-8-16(25)9-7-15)14(2)33-23(22)28-20(29)5-4-12-32-19-11-10-17(26)13-18(19)27/h6-11,13H,3-5,12H2,1-2H3,(H,28,29). The summed E-state index contributed by atoms with van der Waals surface area (Å²) in [5, 5.41) is 4.85. The maximum atomic E-state index is 12.8. The smallest absolute Gasteiger partial charge is 0.341 e. The molecule has 0 saturated carbocycles. The number of amides is 1. The quantitative estimate of drug-likeness (QED) is 0.230. The zero-order valence-electron chi connectivity index (χ0n) is 18.0. The number of hydrogen-bond acceptors (Lipinski definition) is 5. The third kappa shape index (κ3) is 6.64. The molecule has 174 valence electrons. The minimum atomic E-state index is -0.484. The number of carbonyl (C=O) groups excluding carboxylic acids is 2. The number of thiophene rings is 1. The van der Waals surface area contributed by atoms with Gasteiger partial charge in [-0.05, 0) is 56.2 Å². The zero-order chi connectivity index (χ0) is 24.0. The maximum absolute atomic E-state index is 12.8. The molecule has 1 aromatic heterocycles. The Kier molecular flexibility index (Phi) is 9.03. The Morgan fingerprint density at radius 2 is 1.73 bits per heavy atom. The molecule has 0 radical (unpaired) electrons. The van der Waals surface area contributed by atoms with E-state index in [9.17, 15) is 9.59 Å². The van der Waals surface area contributed by atoms with E-state index in [0.29, 0.717) is 44.4 Å². The number of ether oxygens (including phenoxy) is 2. The van der Waals surface area contributed by atoms with Gasteiger partial charge in [-0.2, -0.15) is 0 Å². The molecule has 0 bridgehead atoms. The molecule has 2 aromatic carbocycles. The molecule has 1 N–H and O–H groups in total. The van der Waals surface area contributed by atoms with Crippen molar-refractivity contribution in [2.75, 3.05) is 18.5 Å². The minimum Gasteiger partial charge on any atom is -0.492 e. The summed E-state index contributed by atoms with van der Waals surface area (Å²) < 4.78 is 10.9. The number of rotatable bonds is 9. The van der Waals surface area contributed by atoms with Crippen molar-refractivity contribution in [1.82, 2.24) is 0 Å². The van der Waals surface area contributed by atoms with Crippen molar-refractivity contribution in [3.05, 3.63) is 68.0 Å². The number of esters is 1. The zero-order valence-corrected chi connectivity index (χ0v) is 21.1. The first-order valence-electron chi connectivity index (χ1n) is 10.2. The minimum absolute atomic E-state index is 0.209. The Bertz CT molecular complexity index is 1150. The van der Waals surface area contributed by atoms with E-state index in [1.165, 1.54) is 11.3 Å². The van der Waals surface area contributed by atoms with Crippen molar-refractivity contribution in [3.8, 4) is 16.9 Å². The first-order chi connectivity index (χ1) is 15.8. The lowest BCUT2D eigenvalue weighted by molar-refractivity contribution is -0.116. The third-order valence-corrected chi connectivity index (χ3v) is 6.45. The molecule has 1 amide bonds. The predicted molar refractivity (Wildman–Crippen MR) is 135 cm³/mol. The van der Waals surface area contributed by atoms with Crippen LogP contribution in [0.3, 0.4) is 0 Å². The van der Waals surface area contributed by atoms with Crippen molar-refractivity contribution in [2.45, 2.75) is 26.7 Å². The summed E-state index contributed by atoms with van der Waals surface area (Å²) in [4.78, 5) is 26.2. The van der Waals surface area contributed by atoms with E-state index in [2.05, 4.69) is 5.32 Å². The van der Waals surface area contributed by atoms with Crippen LogP contribution in [-0.2, 0) is 9.53 Å². The van der Waals surface area contributed by atoms with Gasteiger partial charge in [0.15, 0.2) is 0 Å². The van der Waals surface area contributed by atoms with E-state index in [1.807, 2.05) is 19.1 Å². The fourth-order valence-corrected chi connectivity index (χ4v) is 4.86. The average Bonchev–Trinajstić information content (AvgIpc) is 3.08. The predicted octanol–water partition coefficient (Wildman–Crippen LogP) is 7.66. The van der Waals surface area contributed by atoms with Gasteiger partial charge in [0, 0.05) is 26.9 Å². The van der Waals surface area contributed by atoms with E-state index in [-0.39, 0.29) is 18.9 Å². The molecule has 0 aliphatic heterocycles. The Labute approximate surface area is 211 Å². The van der Waals surface area contributed by atoms with Gasteiger partial charge < -0.3 is 14.8 Å². The molecule has 1 heterocycles. The molecule has 0 unspecified atom stereocenters. The first kappa shape index (κ1) is 25.4. The highest BCUT2D eigenvalue weighted by Gasteiger charge is 2.25. The lowest BCUT2D eigenvalue weighted by atomic mass is 10.0. The van der Waals surface area contributed by atoms with Gasteiger partial charge in [-0.25, -0.2) is 4.79 Å². The van der Waals surface area contributed by atoms with E-state index < -0.39 is 5.97 Å². The van der Waals surface area contributed by atoms with Gasteiger partial charge in [0.1, 0.15) is 16.3 Å². The lowest BCUT2D eigenvalue weighted by Gasteiger charge is -2.10. The summed E-state index contributed by atoms with van der Waals surface area (Å²) in [5.41, 5.74) is 1.90.